The first-order valence-electron chi connectivity index (χ1n) is 6.45. The fourth-order valence-electron chi connectivity index (χ4n) is 2.69. The highest BCUT2D eigenvalue weighted by Gasteiger charge is 2.13. The lowest BCUT2D eigenvalue weighted by atomic mass is 9.92. The van der Waals surface area contributed by atoms with E-state index in [1.54, 1.807) is 18.2 Å². The number of hydrogen-bond donors (Lipinski definition) is 2. The van der Waals surface area contributed by atoms with Gasteiger partial charge in [0.15, 0.2) is 0 Å². The number of hydrogen-bond acceptors (Lipinski definition) is 2. The van der Waals surface area contributed by atoms with Gasteiger partial charge >= 0.3 is 0 Å². The molecule has 0 saturated carbocycles. The standard InChI is InChI=1S/C17H16O2/c1-10(2)14-8-12(18)9-15-13-6-4-3-5-11(13)7-16(19)17(14)15/h3-10,18-19H,1-2H3. The summed E-state index contributed by atoms with van der Waals surface area (Å²) in [6.45, 7) is 4.12. The summed E-state index contributed by atoms with van der Waals surface area (Å²) in [7, 11) is 0. The highest BCUT2D eigenvalue weighted by atomic mass is 16.3. The van der Waals surface area contributed by atoms with Crippen LogP contribution in [-0.2, 0) is 0 Å². The molecule has 0 atom stereocenters. The maximum absolute atomic E-state index is 10.3. The molecule has 2 nitrogen and oxygen atoms in total. The first-order valence-corrected chi connectivity index (χ1v) is 6.45. The summed E-state index contributed by atoms with van der Waals surface area (Å²) in [6, 6.07) is 13.2. The summed E-state index contributed by atoms with van der Waals surface area (Å²) < 4.78 is 0. The molecule has 0 aliphatic rings. The predicted molar refractivity (Wildman–Crippen MR) is 78.9 cm³/mol. The Labute approximate surface area is 111 Å². The van der Waals surface area contributed by atoms with Gasteiger partial charge in [-0.2, -0.15) is 0 Å². The van der Waals surface area contributed by atoms with Gasteiger partial charge in [-0.3, -0.25) is 0 Å². The predicted octanol–water partition coefficient (Wildman–Crippen LogP) is 4.53. The molecule has 0 aliphatic heterocycles. The normalized spacial score (nSPS) is 11.5. The highest BCUT2D eigenvalue weighted by molar-refractivity contribution is 6.11. The maximum Gasteiger partial charge on any atom is 0.124 e. The van der Waals surface area contributed by atoms with Gasteiger partial charge in [-0.05, 0) is 45.8 Å². The Hall–Kier alpha value is -2.22. The Morgan fingerprint density at radius 2 is 1.63 bits per heavy atom. The molecule has 3 aromatic rings. The molecular weight excluding hydrogens is 236 g/mol. The largest absolute Gasteiger partial charge is 0.508 e. The van der Waals surface area contributed by atoms with E-state index in [0.29, 0.717) is 0 Å². The van der Waals surface area contributed by atoms with Crippen LogP contribution >= 0.6 is 0 Å². The summed E-state index contributed by atoms with van der Waals surface area (Å²) in [5, 5.41) is 24.0. The molecule has 0 radical (unpaired) electrons. The van der Waals surface area contributed by atoms with Gasteiger partial charge in [0.1, 0.15) is 11.5 Å². The van der Waals surface area contributed by atoms with Gasteiger partial charge in [-0.15, -0.1) is 0 Å². The van der Waals surface area contributed by atoms with Crippen molar-refractivity contribution in [2.45, 2.75) is 19.8 Å². The summed E-state index contributed by atoms with van der Waals surface area (Å²) in [4.78, 5) is 0. The van der Waals surface area contributed by atoms with Crippen LogP contribution < -0.4 is 0 Å². The third kappa shape index (κ3) is 1.80. The zero-order valence-electron chi connectivity index (χ0n) is 11.0. The lowest BCUT2D eigenvalue weighted by Crippen LogP contribution is -1.91. The number of aromatic hydroxyl groups is 2. The van der Waals surface area contributed by atoms with Crippen LogP contribution in [0.3, 0.4) is 0 Å². The zero-order valence-corrected chi connectivity index (χ0v) is 11.0. The van der Waals surface area contributed by atoms with Gasteiger partial charge in [-0.1, -0.05) is 38.1 Å². The number of phenols is 2. The minimum absolute atomic E-state index is 0.238. The Balaban J connectivity index is 2.58. The summed E-state index contributed by atoms with van der Waals surface area (Å²) in [5.41, 5.74) is 0.971. The van der Waals surface area contributed by atoms with E-state index < -0.39 is 0 Å². The average molecular weight is 252 g/mol. The molecule has 0 bridgehead atoms. The van der Waals surface area contributed by atoms with Crippen molar-refractivity contribution in [2.75, 3.05) is 0 Å². The van der Waals surface area contributed by atoms with Crippen molar-refractivity contribution in [3.63, 3.8) is 0 Å². The van der Waals surface area contributed by atoms with Crippen LogP contribution in [0.25, 0.3) is 21.5 Å². The van der Waals surface area contributed by atoms with Gasteiger partial charge in [0.2, 0.25) is 0 Å². The van der Waals surface area contributed by atoms with Crippen LogP contribution in [0.2, 0.25) is 0 Å². The molecule has 3 aromatic carbocycles. The minimum atomic E-state index is 0.238. The SMILES string of the molecule is CC(C)c1cc(O)cc2c1c(O)cc1ccccc12. The van der Waals surface area contributed by atoms with E-state index in [2.05, 4.69) is 13.8 Å². The Morgan fingerprint density at radius 3 is 2.37 bits per heavy atom. The van der Waals surface area contributed by atoms with Crippen molar-refractivity contribution in [1.82, 2.24) is 0 Å². The van der Waals surface area contributed by atoms with Gasteiger partial charge in [0.25, 0.3) is 0 Å². The lowest BCUT2D eigenvalue weighted by Gasteiger charge is -2.14. The number of phenolic OH excluding ortho intramolecular Hbond substituents is 2. The third-order valence-corrected chi connectivity index (χ3v) is 3.57. The Bertz CT molecular complexity index is 773. The molecule has 2 N–H and O–H groups in total. The van der Waals surface area contributed by atoms with E-state index in [0.717, 1.165) is 27.1 Å². The van der Waals surface area contributed by atoms with Crippen molar-refractivity contribution < 1.29 is 10.2 Å². The van der Waals surface area contributed by atoms with E-state index in [9.17, 15) is 10.2 Å². The third-order valence-electron chi connectivity index (χ3n) is 3.57. The van der Waals surface area contributed by atoms with Crippen molar-refractivity contribution in [3.05, 3.63) is 48.0 Å². The van der Waals surface area contributed by atoms with Crippen LogP contribution in [-0.4, -0.2) is 10.2 Å². The first kappa shape index (κ1) is 11.8. The van der Waals surface area contributed by atoms with Crippen LogP contribution in [0.4, 0.5) is 0 Å². The van der Waals surface area contributed by atoms with Crippen molar-refractivity contribution >= 4 is 21.5 Å². The fourth-order valence-corrected chi connectivity index (χ4v) is 2.69. The molecule has 3 rings (SSSR count). The molecule has 0 aromatic heterocycles. The second-order valence-corrected chi connectivity index (χ2v) is 5.23. The quantitative estimate of drug-likeness (QED) is 0.625. The second kappa shape index (κ2) is 4.16. The van der Waals surface area contributed by atoms with Gasteiger partial charge < -0.3 is 10.2 Å². The van der Waals surface area contributed by atoms with E-state index in [4.69, 9.17) is 0 Å². The molecule has 0 unspecified atom stereocenters. The molecule has 0 amide bonds. The highest BCUT2D eigenvalue weighted by Crippen LogP contribution is 2.39. The smallest absolute Gasteiger partial charge is 0.124 e. The van der Waals surface area contributed by atoms with E-state index in [1.165, 1.54) is 0 Å². The summed E-state index contributed by atoms with van der Waals surface area (Å²) in [6.07, 6.45) is 0. The van der Waals surface area contributed by atoms with E-state index in [-0.39, 0.29) is 17.4 Å². The van der Waals surface area contributed by atoms with Crippen molar-refractivity contribution in [2.24, 2.45) is 0 Å². The summed E-state index contributed by atoms with van der Waals surface area (Å²) >= 11 is 0. The van der Waals surface area contributed by atoms with Crippen LogP contribution in [0.5, 0.6) is 11.5 Å². The molecule has 0 heterocycles. The van der Waals surface area contributed by atoms with Crippen LogP contribution in [0.1, 0.15) is 25.3 Å². The monoisotopic (exact) mass is 252 g/mol. The fraction of sp³-hybridized carbons (Fsp3) is 0.176. The minimum Gasteiger partial charge on any atom is -0.508 e. The van der Waals surface area contributed by atoms with Gasteiger partial charge in [0, 0.05) is 5.39 Å². The van der Waals surface area contributed by atoms with Crippen molar-refractivity contribution in [1.29, 1.82) is 0 Å². The molecular formula is C17H16O2. The number of benzene rings is 3. The van der Waals surface area contributed by atoms with Gasteiger partial charge in [0.05, 0.1) is 0 Å². The molecule has 0 saturated heterocycles. The molecule has 2 heteroatoms. The Kier molecular flexibility index (Phi) is 2.59. The number of fused-ring (bicyclic) bond motifs is 3. The second-order valence-electron chi connectivity index (χ2n) is 5.23. The lowest BCUT2D eigenvalue weighted by molar-refractivity contribution is 0.473. The first-order chi connectivity index (χ1) is 9.08. The van der Waals surface area contributed by atoms with Crippen LogP contribution in [0, 0.1) is 0 Å². The molecule has 0 spiro atoms. The maximum atomic E-state index is 10.3. The zero-order chi connectivity index (χ0) is 13.6. The van der Waals surface area contributed by atoms with Crippen LogP contribution in [0.15, 0.2) is 42.5 Å². The molecule has 96 valence electrons. The molecule has 0 fully saturated rings. The Morgan fingerprint density at radius 1 is 0.895 bits per heavy atom. The number of rotatable bonds is 1. The molecule has 0 aliphatic carbocycles. The molecule has 19 heavy (non-hydrogen) atoms. The van der Waals surface area contributed by atoms with Gasteiger partial charge in [-0.25, -0.2) is 0 Å². The van der Waals surface area contributed by atoms with E-state index >= 15 is 0 Å². The van der Waals surface area contributed by atoms with E-state index in [1.807, 2.05) is 24.3 Å². The van der Waals surface area contributed by atoms with Crippen molar-refractivity contribution in [3.8, 4) is 11.5 Å². The topological polar surface area (TPSA) is 40.5 Å². The summed E-state index contributed by atoms with van der Waals surface area (Å²) in [5.74, 6) is 0.756. The average Bonchev–Trinajstić information content (AvgIpc) is 2.37.